The number of halogens is 2. The third kappa shape index (κ3) is 4.93. The molecule has 9 heteroatoms. The smallest absolute Gasteiger partial charge is 0.233 e. The number of aliphatic imine (C=N–C) groups is 1. The highest BCUT2D eigenvalue weighted by atomic mass is 35.5. The number of likely N-dealkylation sites (tertiary alicyclic amines) is 1. The summed E-state index contributed by atoms with van der Waals surface area (Å²) in [7, 11) is 0. The van der Waals surface area contributed by atoms with E-state index in [1.807, 2.05) is 47.5 Å². The van der Waals surface area contributed by atoms with Crippen LogP contribution in [0.4, 0.5) is 0 Å². The van der Waals surface area contributed by atoms with E-state index in [1.165, 1.54) is 0 Å². The van der Waals surface area contributed by atoms with Crippen molar-refractivity contribution >= 4 is 34.9 Å². The van der Waals surface area contributed by atoms with E-state index in [4.69, 9.17) is 33.0 Å². The second-order valence-corrected chi connectivity index (χ2v) is 8.17. The maximum absolute atomic E-state index is 9.26. The molecule has 1 atom stereocenters. The van der Waals surface area contributed by atoms with Gasteiger partial charge in [0.15, 0.2) is 0 Å². The van der Waals surface area contributed by atoms with Crippen LogP contribution < -0.4 is 10.1 Å². The Morgan fingerprint density at radius 2 is 1.77 bits per heavy atom. The van der Waals surface area contributed by atoms with Crippen LogP contribution in [0.15, 0.2) is 58.6 Å². The lowest BCUT2D eigenvalue weighted by molar-refractivity contribution is 0.0587. The number of nitriles is 1. The van der Waals surface area contributed by atoms with Gasteiger partial charge in [-0.2, -0.15) is 10.4 Å². The summed E-state index contributed by atoms with van der Waals surface area (Å²) in [5.74, 6) is 1.30. The zero-order valence-electron chi connectivity index (χ0n) is 17.0. The van der Waals surface area contributed by atoms with E-state index in [9.17, 15) is 5.26 Å². The van der Waals surface area contributed by atoms with Gasteiger partial charge in [0, 0.05) is 10.0 Å². The van der Waals surface area contributed by atoms with Crippen LogP contribution in [0.3, 0.4) is 0 Å². The molecule has 1 fully saturated rings. The molecule has 1 saturated heterocycles. The number of nitrogens with zero attached hydrogens (tertiary/aromatic N) is 5. The van der Waals surface area contributed by atoms with Crippen LogP contribution in [0.1, 0.15) is 12.5 Å². The lowest BCUT2D eigenvalue weighted by Gasteiger charge is -2.41. The number of hydrazone groups is 1. The number of benzene rings is 2. The molecule has 1 unspecified atom stereocenters. The Bertz CT molecular complexity index is 1010. The van der Waals surface area contributed by atoms with Crippen molar-refractivity contribution in [3.63, 3.8) is 0 Å². The first kappa shape index (κ1) is 21.4. The molecule has 0 spiro atoms. The Labute approximate surface area is 191 Å². The Morgan fingerprint density at radius 1 is 1.13 bits per heavy atom. The van der Waals surface area contributed by atoms with E-state index in [1.54, 1.807) is 17.1 Å². The summed E-state index contributed by atoms with van der Waals surface area (Å²) >= 11 is 12.0. The zero-order chi connectivity index (χ0) is 21.8. The molecule has 0 aliphatic carbocycles. The Balaban J connectivity index is 1.47. The maximum atomic E-state index is 9.26. The fourth-order valence-corrected chi connectivity index (χ4v) is 3.88. The first-order valence-corrected chi connectivity index (χ1v) is 10.8. The summed E-state index contributed by atoms with van der Waals surface area (Å²) in [6, 6.07) is 14.9. The molecule has 7 nitrogen and oxygen atoms in total. The lowest BCUT2D eigenvalue weighted by atomic mass is 10.0. The summed E-state index contributed by atoms with van der Waals surface area (Å²) in [6.07, 6.45) is 1.93. The standard InChI is InChI=1S/C22H22Cl2N6O/c1-2-26-20-13-30(28-21(20)15-3-5-16(23)6-4-15)22(27-14-25)29-11-19(12-29)31-18-9-7-17(24)8-10-18/h3-10,19-20,26H,2,11-13H2,1H3/b27-22+. The fourth-order valence-electron chi connectivity index (χ4n) is 3.63. The van der Waals surface area contributed by atoms with Gasteiger partial charge in [-0.15, -0.1) is 4.99 Å². The molecular weight excluding hydrogens is 435 g/mol. The zero-order valence-corrected chi connectivity index (χ0v) is 18.5. The highest BCUT2D eigenvalue weighted by Gasteiger charge is 2.37. The highest BCUT2D eigenvalue weighted by molar-refractivity contribution is 6.31. The van der Waals surface area contributed by atoms with Crippen LogP contribution in [0.25, 0.3) is 0 Å². The van der Waals surface area contributed by atoms with E-state index in [0.29, 0.717) is 35.6 Å². The molecule has 31 heavy (non-hydrogen) atoms. The predicted molar refractivity (Wildman–Crippen MR) is 123 cm³/mol. The second-order valence-electron chi connectivity index (χ2n) is 7.30. The number of hydrogen-bond acceptors (Lipinski definition) is 5. The third-order valence-electron chi connectivity index (χ3n) is 5.13. The first-order chi connectivity index (χ1) is 15.1. The van der Waals surface area contributed by atoms with E-state index in [2.05, 4.69) is 17.2 Å². The molecule has 0 amide bonds. The molecule has 0 aromatic heterocycles. The molecule has 4 rings (SSSR count). The summed E-state index contributed by atoms with van der Waals surface area (Å²) in [5, 5.41) is 20.7. The number of nitrogens with one attached hydrogen (secondary N) is 1. The average Bonchev–Trinajstić information content (AvgIpc) is 3.15. The van der Waals surface area contributed by atoms with Crippen molar-refractivity contribution < 1.29 is 4.74 Å². The van der Waals surface area contributed by atoms with E-state index in [-0.39, 0.29) is 12.1 Å². The predicted octanol–water partition coefficient (Wildman–Crippen LogP) is 3.59. The minimum atomic E-state index is 0.0111. The van der Waals surface area contributed by atoms with Crippen LogP contribution in [0.5, 0.6) is 5.75 Å². The minimum absolute atomic E-state index is 0.0111. The number of hydrogen-bond donors (Lipinski definition) is 1. The van der Waals surface area contributed by atoms with Crippen LogP contribution in [0, 0.1) is 11.5 Å². The van der Waals surface area contributed by atoms with Crippen molar-refractivity contribution in [2.75, 3.05) is 26.2 Å². The van der Waals surface area contributed by atoms with Gasteiger partial charge < -0.3 is 15.0 Å². The fraction of sp³-hybridized carbons (Fsp3) is 0.318. The van der Waals surface area contributed by atoms with Crippen molar-refractivity contribution in [2.45, 2.75) is 19.1 Å². The molecule has 0 bridgehead atoms. The Hall–Kier alpha value is -2.79. The third-order valence-corrected chi connectivity index (χ3v) is 5.64. The van der Waals surface area contributed by atoms with Gasteiger partial charge in [0.2, 0.25) is 12.2 Å². The quantitative estimate of drug-likeness (QED) is 0.422. The van der Waals surface area contributed by atoms with Crippen LogP contribution in [-0.2, 0) is 0 Å². The van der Waals surface area contributed by atoms with Crippen molar-refractivity contribution in [3.8, 4) is 11.9 Å². The minimum Gasteiger partial charge on any atom is -0.487 e. The van der Waals surface area contributed by atoms with E-state index >= 15 is 0 Å². The Morgan fingerprint density at radius 3 is 2.39 bits per heavy atom. The second kappa shape index (κ2) is 9.56. The maximum Gasteiger partial charge on any atom is 0.233 e. The lowest BCUT2D eigenvalue weighted by Crippen LogP contribution is -2.59. The topological polar surface area (TPSA) is 76.2 Å². The van der Waals surface area contributed by atoms with Crippen LogP contribution in [0.2, 0.25) is 10.0 Å². The van der Waals surface area contributed by atoms with Crippen LogP contribution in [-0.4, -0.2) is 59.9 Å². The highest BCUT2D eigenvalue weighted by Crippen LogP contribution is 2.24. The molecule has 2 aliphatic rings. The summed E-state index contributed by atoms with van der Waals surface area (Å²) in [4.78, 5) is 6.06. The van der Waals surface area contributed by atoms with Crippen LogP contribution >= 0.6 is 23.2 Å². The van der Waals surface area contributed by atoms with Gasteiger partial charge in [0.25, 0.3) is 0 Å². The molecule has 1 N–H and O–H groups in total. The van der Waals surface area contributed by atoms with Crippen molar-refractivity contribution in [1.82, 2.24) is 15.2 Å². The average molecular weight is 457 g/mol. The van der Waals surface area contributed by atoms with Gasteiger partial charge in [-0.1, -0.05) is 42.3 Å². The molecule has 2 aliphatic heterocycles. The van der Waals surface area contributed by atoms with Gasteiger partial charge in [0.1, 0.15) is 11.9 Å². The monoisotopic (exact) mass is 456 g/mol. The number of guanidine groups is 1. The van der Waals surface area contributed by atoms with Gasteiger partial charge in [0.05, 0.1) is 31.4 Å². The summed E-state index contributed by atoms with van der Waals surface area (Å²) in [6.45, 7) is 4.69. The van der Waals surface area contributed by atoms with Gasteiger partial charge in [-0.3, -0.25) is 0 Å². The first-order valence-electron chi connectivity index (χ1n) is 10.1. The number of likely N-dealkylation sites (N-methyl/N-ethyl adjacent to an activating group) is 1. The summed E-state index contributed by atoms with van der Waals surface area (Å²) < 4.78 is 5.97. The van der Waals surface area contributed by atoms with Gasteiger partial charge in [-0.25, -0.2) is 5.01 Å². The largest absolute Gasteiger partial charge is 0.487 e. The molecule has 2 heterocycles. The molecule has 2 aromatic rings. The molecule has 2 aromatic carbocycles. The van der Waals surface area contributed by atoms with E-state index < -0.39 is 0 Å². The normalized spacial score (nSPS) is 19.1. The van der Waals surface area contributed by atoms with Gasteiger partial charge in [-0.05, 0) is 48.5 Å². The molecule has 0 saturated carbocycles. The SMILES string of the molecule is CCNC1CN(/C(=N/C#N)N2CC(Oc3ccc(Cl)cc3)C2)N=C1c1ccc(Cl)cc1. The van der Waals surface area contributed by atoms with E-state index in [0.717, 1.165) is 23.6 Å². The molecule has 160 valence electrons. The molecular formula is C22H22Cl2N6O. The van der Waals surface area contributed by atoms with Crippen molar-refractivity contribution in [1.29, 1.82) is 5.26 Å². The molecule has 0 radical (unpaired) electrons. The van der Waals surface area contributed by atoms with Gasteiger partial charge >= 0.3 is 0 Å². The Kier molecular flexibility index (Phi) is 6.62. The number of ether oxygens (including phenoxy) is 1. The van der Waals surface area contributed by atoms with Crippen molar-refractivity contribution in [3.05, 3.63) is 64.1 Å². The number of rotatable bonds is 5. The van der Waals surface area contributed by atoms with Crippen molar-refractivity contribution in [2.24, 2.45) is 10.1 Å². The summed E-state index contributed by atoms with van der Waals surface area (Å²) in [5.41, 5.74) is 1.89.